The first-order valence-corrected chi connectivity index (χ1v) is 8.94. The zero-order valence-corrected chi connectivity index (χ0v) is 15.0. The van der Waals surface area contributed by atoms with Crippen LogP contribution >= 0.6 is 0 Å². The van der Waals surface area contributed by atoms with Crippen molar-refractivity contribution >= 4 is 0 Å². The zero-order valence-electron chi connectivity index (χ0n) is 15.0. The molecule has 2 aliphatic rings. The van der Waals surface area contributed by atoms with Gasteiger partial charge in [-0.1, -0.05) is 24.6 Å². The molecule has 0 amide bonds. The number of rotatable bonds is 4. The van der Waals surface area contributed by atoms with Crippen molar-refractivity contribution in [1.82, 2.24) is 0 Å². The lowest BCUT2D eigenvalue weighted by Crippen LogP contribution is -2.53. The van der Waals surface area contributed by atoms with E-state index in [1.165, 1.54) is 12.0 Å². The molecule has 6 unspecified atom stereocenters. The van der Waals surface area contributed by atoms with Crippen molar-refractivity contribution in [3.63, 3.8) is 0 Å². The first kappa shape index (κ1) is 17.7. The van der Waals surface area contributed by atoms with Crippen molar-refractivity contribution < 1.29 is 10.2 Å². The fraction of sp³-hybridized carbons (Fsp3) is 0.800. The van der Waals surface area contributed by atoms with Gasteiger partial charge in [0.15, 0.2) is 0 Å². The normalized spacial score (nSPS) is 39.7. The molecule has 0 aromatic carbocycles. The van der Waals surface area contributed by atoms with Gasteiger partial charge < -0.3 is 10.2 Å². The third-order valence-electron chi connectivity index (χ3n) is 6.17. The average Bonchev–Trinajstić information content (AvgIpc) is 2.42. The lowest BCUT2D eigenvalue weighted by atomic mass is 9.56. The summed E-state index contributed by atoms with van der Waals surface area (Å²) in [7, 11) is 0. The van der Waals surface area contributed by atoms with Crippen molar-refractivity contribution in [2.75, 3.05) is 0 Å². The maximum atomic E-state index is 10.8. The molecule has 2 heteroatoms. The van der Waals surface area contributed by atoms with Crippen LogP contribution < -0.4 is 0 Å². The van der Waals surface area contributed by atoms with E-state index in [2.05, 4.69) is 32.9 Å². The monoisotopic (exact) mass is 306 g/mol. The smallest absolute Gasteiger partial charge is 0.0782 e. The fourth-order valence-electron chi connectivity index (χ4n) is 4.66. The zero-order chi connectivity index (χ0) is 16.5. The summed E-state index contributed by atoms with van der Waals surface area (Å²) in [6, 6.07) is 0. The van der Waals surface area contributed by atoms with Crippen molar-refractivity contribution in [1.29, 1.82) is 0 Å². The summed E-state index contributed by atoms with van der Waals surface area (Å²) in [5.41, 5.74) is 1.85. The number of allylic oxidation sites excluding steroid dienone is 3. The molecule has 22 heavy (non-hydrogen) atoms. The minimum absolute atomic E-state index is 0.204. The number of hydrogen-bond acceptors (Lipinski definition) is 2. The van der Waals surface area contributed by atoms with Crippen LogP contribution in [0.3, 0.4) is 0 Å². The molecule has 0 radical (unpaired) electrons. The lowest BCUT2D eigenvalue weighted by molar-refractivity contribution is -0.120. The Morgan fingerprint density at radius 3 is 2.77 bits per heavy atom. The van der Waals surface area contributed by atoms with Gasteiger partial charge >= 0.3 is 0 Å². The Morgan fingerprint density at radius 1 is 1.45 bits per heavy atom. The third kappa shape index (κ3) is 3.65. The average molecular weight is 306 g/mol. The summed E-state index contributed by atoms with van der Waals surface area (Å²) in [6.07, 6.45) is 9.19. The van der Waals surface area contributed by atoms with Gasteiger partial charge in [0.2, 0.25) is 0 Å². The van der Waals surface area contributed by atoms with Crippen LogP contribution in [0.1, 0.15) is 66.7 Å². The maximum absolute atomic E-state index is 10.8. The van der Waals surface area contributed by atoms with Crippen LogP contribution in [0.25, 0.3) is 0 Å². The molecule has 1 fully saturated rings. The molecule has 0 heterocycles. The Bertz CT molecular complexity index is 443. The van der Waals surface area contributed by atoms with Gasteiger partial charge in [0.25, 0.3) is 0 Å². The highest BCUT2D eigenvalue weighted by Gasteiger charge is 2.50. The van der Waals surface area contributed by atoms with Crippen molar-refractivity contribution in [3.05, 3.63) is 23.3 Å². The van der Waals surface area contributed by atoms with E-state index in [1.54, 1.807) is 0 Å². The molecule has 2 nitrogen and oxygen atoms in total. The molecule has 0 bridgehead atoms. The van der Waals surface area contributed by atoms with Crippen LogP contribution in [0, 0.1) is 23.7 Å². The summed E-state index contributed by atoms with van der Waals surface area (Å²) >= 11 is 0. The summed E-state index contributed by atoms with van der Waals surface area (Å²) in [6.45, 7) is 10.6. The van der Waals surface area contributed by atoms with E-state index < -0.39 is 5.60 Å². The van der Waals surface area contributed by atoms with Gasteiger partial charge in [0, 0.05) is 0 Å². The molecule has 0 spiro atoms. The van der Waals surface area contributed by atoms with Gasteiger partial charge in [-0.3, -0.25) is 0 Å². The SMILES string of the molecule is CC(C)=CCCC(C)C1CCC(C)(O)C2CC=C(C)C(O)C12. The topological polar surface area (TPSA) is 40.5 Å². The maximum Gasteiger partial charge on any atom is 0.0782 e. The highest BCUT2D eigenvalue weighted by molar-refractivity contribution is 5.17. The molecule has 1 saturated carbocycles. The fourth-order valence-corrected chi connectivity index (χ4v) is 4.66. The third-order valence-corrected chi connectivity index (χ3v) is 6.17. The Balaban J connectivity index is 2.14. The van der Waals surface area contributed by atoms with E-state index >= 15 is 0 Å². The van der Waals surface area contributed by atoms with E-state index in [4.69, 9.17) is 0 Å². The second-order valence-electron chi connectivity index (χ2n) is 8.21. The molecule has 2 aliphatic carbocycles. The van der Waals surface area contributed by atoms with E-state index in [0.29, 0.717) is 11.8 Å². The second kappa shape index (κ2) is 6.88. The molecule has 0 aromatic heterocycles. The molecule has 2 rings (SSSR count). The Hall–Kier alpha value is -0.600. The summed E-state index contributed by atoms with van der Waals surface area (Å²) in [5.74, 6) is 1.54. The number of hydrogen-bond donors (Lipinski definition) is 2. The number of fused-ring (bicyclic) bond motifs is 1. The van der Waals surface area contributed by atoms with Gasteiger partial charge in [-0.25, -0.2) is 0 Å². The quantitative estimate of drug-likeness (QED) is 0.752. The van der Waals surface area contributed by atoms with Gasteiger partial charge in [-0.2, -0.15) is 0 Å². The van der Waals surface area contributed by atoms with Crippen molar-refractivity contribution in [3.8, 4) is 0 Å². The van der Waals surface area contributed by atoms with Gasteiger partial charge in [-0.15, -0.1) is 0 Å². The molecule has 0 saturated heterocycles. The minimum Gasteiger partial charge on any atom is -0.390 e. The summed E-state index contributed by atoms with van der Waals surface area (Å²) in [4.78, 5) is 0. The Kier molecular flexibility index (Phi) is 5.55. The van der Waals surface area contributed by atoms with Crippen molar-refractivity contribution in [2.24, 2.45) is 23.7 Å². The number of aliphatic hydroxyl groups excluding tert-OH is 1. The van der Waals surface area contributed by atoms with Gasteiger partial charge in [0.05, 0.1) is 11.7 Å². The van der Waals surface area contributed by atoms with E-state index in [-0.39, 0.29) is 17.9 Å². The Morgan fingerprint density at radius 2 is 2.14 bits per heavy atom. The van der Waals surface area contributed by atoms with Crippen molar-refractivity contribution in [2.45, 2.75) is 78.4 Å². The summed E-state index contributed by atoms with van der Waals surface area (Å²) < 4.78 is 0. The number of aliphatic hydroxyl groups is 2. The lowest BCUT2D eigenvalue weighted by Gasteiger charge is -2.52. The first-order chi connectivity index (χ1) is 10.2. The van der Waals surface area contributed by atoms with Gasteiger partial charge in [-0.05, 0) is 89.0 Å². The highest BCUT2D eigenvalue weighted by Crippen LogP contribution is 2.51. The van der Waals surface area contributed by atoms with Crippen LogP contribution in [0.2, 0.25) is 0 Å². The second-order valence-corrected chi connectivity index (χ2v) is 8.21. The van der Waals surface area contributed by atoms with Crippen LogP contribution in [0.5, 0.6) is 0 Å². The highest BCUT2D eigenvalue weighted by atomic mass is 16.3. The van der Waals surface area contributed by atoms with Gasteiger partial charge in [0.1, 0.15) is 0 Å². The first-order valence-electron chi connectivity index (χ1n) is 8.94. The molecular weight excluding hydrogens is 272 g/mol. The molecule has 2 N–H and O–H groups in total. The predicted molar refractivity (Wildman–Crippen MR) is 92.5 cm³/mol. The molecular formula is C20H34O2. The summed E-state index contributed by atoms with van der Waals surface area (Å²) in [5, 5.41) is 21.5. The van der Waals surface area contributed by atoms with Crippen LogP contribution in [0.15, 0.2) is 23.3 Å². The Labute approximate surface area is 136 Å². The van der Waals surface area contributed by atoms with E-state index in [1.807, 2.05) is 13.8 Å². The molecule has 0 aromatic rings. The van der Waals surface area contributed by atoms with Crippen LogP contribution in [-0.4, -0.2) is 21.9 Å². The van der Waals surface area contributed by atoms with E-state index in [9.17, 15) is 10.2 Å². The molecule has 126 valence electrons. The standard InChI is InChI=1S/C20H34O2/c1-13(2)7-6-8-14(3)16-11-12-20(5,22)17-10-9-15(4)19(21)18(16)17/h7,9,14,16-19,21-22H,6,8,10-12H2,1-5H3. The predicted octanol–water partition coefficient (Wildman–Crippen LogP) is 4.47. The largest absolute Gasteiger partial charge is 0.390 e. The van der Waals surface area contributed by atoms with Crippen LogP contribution in [0.4, 0.5) is 0 Å². The van der Waals surface area contributed by atoms with E-state index in [0.717, 1.165) is 31.3 Å². The van der Waals surface area contributed by atoms with Crippen LogP contribution in [-0.2, 0) is 0 Å². The molecule has 6 atom stereocenters. The minimum atomic E-state index is -0.626. The molecule has 0 aliphatic heterocycles.